The van der Waals surface area contributed by atoms with Crippen molar-refractivity contribution in [3.8, 4) is 5.75 Å². The average molecular weight is 329 g/mol. The fraction of sp³-hybridized carbons (Fsp3) is 0.263. The molecular formula is C19H21ClN2O. The van der Waals surface area contributed by atoms with Crippen LogP contribution in [0, 0.1) is 0 Å². The Morgan fingerprint density at radius 3 is 2.74 bits per heavy atom. The molecule has 1 unspecified atom stereocenters. The van der Waals surface area contributed by atoms with Gasteiger partial charge in [-0.3, -0.25) is 0 Å². The molecule has 2 N–H and O–H groups in total. The highest BCUT2D eigenvalue weighted by Crippen LogP contribution is 2.39. The highest BCUT2D eigenvalue weighted by molar-refractivity contribution is 6.35. The van der Waals surface area contributed by atoms with Gasteiger partial charge in [0.15, 0.2) is 0 Å². The maximum atomic E-state index is 6.48. The van der Waals surface area contributed by atoms with Gasteiger partial charge >= 0.3 is 0 Å². The first-order chi connectivity index (χ1) is 11.3. The Hall–Kier alpha value is -1.97. The van der Waals surface area contributed by atoms with Crippen LogP contribution in [0.25, 0.3) is 10.9 Å². The zero-order chi connectivity index (χ0) is 16.2. The van der Waals surface area contributed by atoms with Crippen LogP contribution < -0.4 is 10.1 Å². The number of benzene rings is 2. The van der Waals surface area contributed by atoms with Crippen LogP contribution in [-0.4, -0.2) is 25.7 Å². The van der Waals surface area contributed by atoms with E-state index in [-0.39, 0.29) is 5.92 Å². The molecule has 1 heterocycles. The Kier molecular flexibility index (Phi) is 4.89. The number of aromatic amines is 1. The van der Waals surface area contributed by atoms with Gasteiger partial charge in [-0.15, -0.1) is 0 Å². The molecule has 0 aliphatic heterocycles. The molecular weight excluding hydrogens is 308 g/mol. The monoisotopic (exact) mass is 328 g/mol. The number of hydrogen-bond acceptors (Lipinski definition) is 2. The molecule has 23 heavy (non-hydrogen) atoms. The molecule has 0 saturated heterocycles. The third-order valence-corrected chi connectivity index (χ3v) is 4.57. The molecule has 0 amide bonds. The van der Waals surface area contributed by atoms with Crippen molar-refractivity contribution in [2.75, 3.05) is 20.7 Å². The van der Waals surface area contributed by atoms with Crippen molar-refractivity contribution in [1.29, 1.82) is 0 Å². The Morgan fingerprint density at radius 1 is 1.13 bits per heavy atom. The summed E-state index contributed by atoms with van der Waals surface area (Å²) >= 11 is 6.48. The number of H-pyrrole nitrogens is 1. The van der Waals surface area contributed by atoms with Crippen molar-refractivity contribution in [2.45, 2.75) is 12.3 Å². The van der Waals surface area contributed by atoms with Crippen molar-refractivity contribution in [3.05, 3.63) is 64.8 Å². The Labute approximate surface area is 141 Å². The van der Waals surface area contributed by atoms with E-state index in [1.165, 1.54) is 11.1 Å². The van der Waals surface area contributed by atoms with E-state index in [9.17, 15) is 0 Å². The van der Waals surface area contributed by atoms with E-state index in [1.807, 2.05) is 31.3 Å². The molecule has 1 aromatic heterocycles. The normalized spacial score (nSPS) is 12.5. The second-order valence-corrected chi connectivity index (χ2v) is 6.00. The van der Waals surface area contributed by atoms with Gasteiger partial charge in [-0.2, -0.15) is 0 Å². The standard InChI is InChI=1S/C19H21ClN2O/c1-21-11-10-13(14-6-3-4-9-18(14)23-2)15-12-22-17-8-5-7-16(20)19(15)17/h3-9,12-13,21-22H,10-11H2,1-2H3. The summed E-state index contributed by atoms with van der Waals surface area (Å²) in [6, 6.07) is 14.2. The lowest BCUT2D eigenvalue weighted by molar-refractivity contribution is 0.406. The SMILES string of the molecule is CNCCC(c1ccccc1OC)c1c[nH]c2cccc(Cl)c12. The summed E-state index contributed by atoms with van der Waals surface area (Å²) in [4.78, 5) is 3.35. The van der Waals surface area contributed by atoms with Gasteiger partial charge in [0, 0.05) is 28.6 Å². The van der Waals surface area contributed by atoms with Crippen molar-refractivity contribution < 1.29 is 4.74 Å². The number of rotatable bonds is 6. The van der Waals surface area contributed by atoms with Crippen molar-refractivity contribution in [1.82, 2.24) is 10.3 Å². The smallest absolute Gasteiger partial charge is 0.122 e. The first kappa shape index (κ1) is 15.9. The predicted molar refractivity (Wildman–Crippen MR) is 96.7 cm³/mol. The second kappa shape index (κ2) is 7.07. The fourth-order valence-electron chi connectivity index (χ4n) is 3.16. The number of aromatic nitrogens is 1. The van der Waals surface area contributed by atoms with Crippen LogP contribution in [0.15, 0.2) is 48.7 Å². The van der Waals surface area contributed by atoms with E-state index < -0.39 is 0 Å². The fourth-order valence-corrected chi connectivity index (χ4v) is 3.45. The molecule has 120 valence electrons. The van der Waals surface area contributed by atoms with Gasteiger partial charge in [0.2, 0.25) is 0 Å². The van der Waals surface area contributed by atoms with Gasteiger partial charge in [-0.1, -0.05) is 35.9 Å². The van der Waals surface area contributed by atoms with Crippen LogP contribution in [0.5, 0.6) is 5.75 Å². The minimum Gasteiger partial charge on any atom is -0.496 e. The molecule has 0 spiro atoms. The van der Waals surface area contributed by atoms with E-state index in [2.05, 4.69) is 34.7 Å². The molecule has 0 fully saturated rings. The van der Waals surface area contributed by atoms with E-state index in [0.29, 0.717) is 0 Å². The summed E-state index contributed by atoms with van der Waals surface area (Å²) in [5.74, 6) is 1.13. The van der Waals surface area contributed by atoms with Crippen molar-refractivity contribution in [3.63, 3.8) is 0 Å². The molecule has 3 nitrogen and oxygen atoms in total. The molecule has 3 aromatic rings. The minimum atomic E-state index is 0.215. The van der Waals surface area contributed by atoms with E-state index >= 15 is 0 Å². The van der Waals surface area contributed by atoms with Gasteiger partial charge in [0.1, 0.15) is 5.75 Å². The highest BCUT2D eigenvalue weighted by Gasteiger charge is 2.22. The lowest BCUT2D eigenvalue weighted by Gasteiger charge is -2.20. The van der Waals surface area contributed by atoms with Crippen LogP contribution in [0.2, 0.25) is 5.02 Å². The van der Waals surface area contributed by atoms with Gasteiger partial charge in [-0.25, -0.2) is 0 Å². The summed E-state index contributed by atoms with van der Waals surface area (Å²) < 4.78 is 5.58. The van der Waals surface area contributed by atoms with Crippen LogP contribution in [0.3, 0.4) is 0 Å². The minimum absolute atomic E-state index is 0.215. The lowest BCUT2D eigenvalue weighted by atomic mass is 9.87. The molecule has 1 atom stereocenters. The average Bonchev–Trinajstić information content (AvgIpc) is 3.01. The third-order valence-electron chi connectivity index (χ3n) is 4.26. The first-order valence-electron chi connectivity index (χ1n) is 7.79. The molecule has 0 aliphatic carbocycles. The maximum absolute atomic E-state index is 6.48. The van der Waals surface area contributed by atoms with Crippen LogP contribution in [-0.2, 0) is 0 Å². The molecule has 0 saturated carbocycles. The van der Waals surface area contributed by atoms with E-state index in [1.54, 1.807) is 7.11 Å². The molecule has 0 aliphatic rings. The van der Waals surface area contributed by atoms with E-state index in [4.69, 9.17) is 16.3 Å². The van der Waals surface area contributed by atoms with Gasteiger partial charge < -0.3 is 15.0 Å². The van der Waals surface area contributed by atoms with Gasteiger partial charge in [0.25, 0.3) is 0 Å². The van der Waals surface area contributed by atoms with Crippen LogP contribution in [0.4, 0.5) is 0 Å². The van der Waals surface area contributed by atoms with Crippen LogP contribution >= 0.6 is 11.6 Å². The van der Waals surface area contributed by atoms with Crippen molar-refractivity contribution in [2.24, 2.45) is 0 Å². The number of fused-ring (bicyclic) bond motifs is 1. The molecule has 2 aromatic carbocycles. The number of methoxy groups -OCH3 is 1. The zero-order valence-electron chi connectivity index (χ0n) is 13.4. The quantitative estimate of drug-likeness (QED) is 0.695. The summed E-state index contributed by atoms with van der Waals surface area (Å²) in [5.41, 5.74) is 3.47. The number of halogens is 1. The van der Waals surface area contributed by atoms with Gasteiger partial charge in [0.05, 0.1) is 12.1 Å². The predicted octanol–water partition coefficient (Wildman–Crippen LogP) is 4.57. The molecule has 3 rings (SSSR count). The lowest BCUT2D eigenvalue weighted by Crippen LogP contribution is -2.13. The van der Waals surface area contributed by atoms with Gasteiger partial charge in [-0.05, 0) is 43.8 Å². The Balaban J connectivity index is 2.15. The Morgan fingerprint density at radius 2 is 1.96 bits per heavy atom. The number of hydrogen-bond donors (Lipinski definition) is 2. The largest absolute Gasteiger partial charge is 0.496 e. The second-order valence-electron chi connectivity index (χ2n) is 5.59. The number of para-hydroxylation sites is 1. The number of nitrogens with one attached hydrogen (secondary N) is 2. The Bertz CT molecular complexity index is 797. The summed E-state index contributed by atoms with van der Waals surface area (Å²) in [6.07, 6.45) is 3.04. The molecule has 0 bridgehead atoms. The highest BCUT2D eigenvalue weighted by atomic mass is 35.5. The summed E-state index contributed by atoms with van der Waals surface area (Å²) in [6.45, 7) is 0.917. The summed E-state index contributed by atoms with van der Waals surface area (Å²) in [5, 5.41) is 5.12. The topological polar surface area (TPSA) is 37.0 Å². The third kappa shape index (κ3) is 3.07. The zero-order valence-corrected chi connectivity index (χ0v) is 14.2. The number of ether oxygens (including phenoxy) is 1. The maximum Gasteiger partial charge on any atom is 0.122 e. The summed E-state index contributed by atoms with van der Waals surface area (Å²) in [7, 11) is 3.69. The van der Waals surface area contributed by atoms with E-state index in [0.717, 1.165) is 34.6 Å². The molecule has 4 heteroatoms. The first-order valence-corrected chi connectivity index (χ1v) is 8.17. The van der Waals surface area contributed by atoms with Crippen molar-refractivity contribution >= 4 is 22.5 Å². The van der Waals surface area contributed by atoms with Crippen LogP contribution in [0.1, 0.15) is 23.5 Å². The molecule has 0 radical (unpaired) electrons.